The number of rotatable bonds is 1. The number of hydrogen-bond acceptors (Lipinski definition) is 11. The smallest absolute Gasteiger partial charge is 0.338 e. The highest BCUT2D eigenvalue weighted by molar-refractivity contribution is 5.82. The van der Waals surface area contributed by atoms with Crippen LogP contribution >= 0.6 is 0 Å². The van der Waals surface area contributed by atoms with Crippen molar-refractivity contribution in [2.24, 2.45) is 10.8 Å². The van der Waals surface area contributed by atoms with Gasteiger partial charge in [-0.25, -0.2) is 9.59 Å². The van der Waals surface area contributed by atoms with Crippen molar-refractivity contribution in [2.45, 2.75) is 113 Å². The molecule has 0 aromatic carbocycles. The predicted octanol–water partition coefficient (Wildman–Crippen LogP) is 0.736. The molecule has 11 nitrogen and oxygen atoms in total. The van der Waals surface area contributed by atoms with E-state index >= 15 is 0 Å². The molecule has 0 aromatic heterocycles. The SMILES string of the molecule is CC(O)C1/C=C/C=C/C(=O)OC2CC3OC4C5OC5(C)CCC4(COC(=O)C4OC4(C)C(O)CO1)C2(C)C31CO1. The quantitative estimate of drug-likeness (QED) is 0.344. The summed E-state index contributed by atoms with van der Waals surface area (Å²) in [7, 11) is 0. The molecule has 5 aliphatic heterocycles. The number of esters is 2. The largest absolute Gasteiger partial charge is 0.463 e. The highest BCUT2D eigenvalue weighted by atomic mass is 16.7. The molecule has 2 spiro atoms. The summed E-state index contributed by atoms with van der Waals surface area (Å²) in [6.07, 6.45) is 2.83. The molecule has 13 atom stereocenters. The summed E-state index contributed by atoms with van der Waals surface area (Å²) >= 11 is 0. The molecule has 6 fully saturated rings. The number of epoxide rings is 3. The molecule has 11 heteroatoms. The van der Waals surface area contributed by atoms with Crippen LogP contribution in [-0.4, -0.2) is 108 Å². The molecule has 2 aliphatic carbocycles. The normalized spacial score (nSPS) is 57.2. The van der Waals surface area contributed by atoms with Gasteiger partial charge in [0.05, 0.1) is 42.5 Å². The van der Waals surface area contributed by atoms with Gasteiger partial charge in [0, 0.05) is 17.9 Å². The number of aliphatic hydroxyl groups excluding tert-OH is 2. The van der Waals surface area contributed by atoms with Crippen LogP contribution in [0, 0.1) is 10.8 Å². The van der Waals surface area contributed by atoms with E-state index in [1.165, 1.54) is 12.2 Å². The molecule has 40 heavy (non-hydrogen) atoms. The van der Waals surface area contributed by atoms with Gasteiger partial charge in [0.25, 0.3) is 0 Å². The fourth-order valence-electron chi connectivity index (χ4n) is 8.09. The van der Waals surface area contributed by atoms with Crippen molar-refractivity contribution in [1.82, 2.24) is 0 Å². The lowest BCUT2D eigenvalue weighted by molar-refractivity contribution is -0.251. The number of ether oxygens (including phenoxy) is 7. The van der Waals surface area contributed by atoms with E-state index in [0.29, 0.717) is 19.4 Å². The Bertz CT molecular complexity index is 1160. The number of allylic oxidation sites excluding steroid dienone is 2. The maximum atomic E-state index is 13.4. The van der Waals surface area contributed by atoms with Gasteiger partial charge in [-0.15, -0.1) is 0 Å². The third kappa shape index (κ3) is 3.55. The monoisotopic (exact) mass is 562 g/mol. The Hall–Kier alpha value is -1.86. The molecule has 2 saturated carbocycles. The van der Waals surface area contributed by atoms with E-state index < -0.39 is 64.5 Å². The Labute approximate surface area is 232 Å². The van der Waals surface area contributed by atoms with Crippen LogP contribution in [-0.2, 0) is 42.7 Å². The van der Waals surface area contributed by atoms with E-state index in [1.54, 1.807) is 26.0 Å². The average molecular weight is 563 g/mol. The van der Waals surface area contributed by atoms with Crippen LogP contribution in [0.25, 0.3) is 0 Å². The molecule has 0 amide bonds. The van der Waals surface area contributed by atoms with Crippen molar-refractivity contribution in [1.29, 1.82) is 0 Å². The van der Waals surface area contributed by atoms with Gasteiger partial charge in [-0.05, 0) is 33.6 Å². The first-order valence-electron chi connectivity index (χ1n) is 14.3. The Morgan fingerprint density at radius 2 is 1.80 bits per heavy atom. The van der Waals surface area contributed by atoms with Gasteiger partial charge in [0.2, 0.25) is 0 Å². The van der Waals surface area contributed by atoms with Crippen LogP contribution in [0.4, 0.5) is 0 Å². The highest BCUT2D eigenvalue weighted by Gasteiger charge is 2.86. The van der Waals surface area contributed by atoms with Crippen molar-refractivity contribution in [3.63, 3.8) is 0 Å². The molecular formula is C29H38O11. The first-order valence-corrected chi connectivity index (χ1v) is 14.3. The van der Waals surface area contributed by atoms with Crippen molar-refractivity contribution >= 4 is 11.9 Å². The molecule has 2 N–H and O–H groups in total. The number of carbonyl (C=O) groups excluding carboxylic acids is 2. The molecule has 220 valence electrons. The van der Waals surface area contributed by atoms with Crippen molar-refractivity contribution in [3.05, 3.63) is 24.3 Å². The summed E-state index contributed by atoms with van der Waals surface area (Å²) in [6, 6.07) is 0. The minimum atomic E-state index is -1.18. The molecule has 0 aromatic rings. The molecule has 5 heterocycles. The van der Waals surface area contributed by atoms with Crippen LogP contribution in [0.15, 0.2) is 24.3 Å². The van der Waals surface area contributed by atoms with E-state index in [4.69, 9.17) is 33.2 Å². The molecule has 7 aliphatic rings. The summed E-state index contributed by atoms with van der Waals surface area (Å²) in [5, 5.41) is 20.9. The van der Waals surface area contributed by atoms with Crippen LogP contribution in [0.5, 0.6) is 0 Å². The second-order valence-electron chi connectivity index (χ2n) is 13.2. The Balaban J connectivity index is 1.25. The van der Waals surface area contributed by atoms with Gasteiger partial charge in [0.15, 0.2) is 6.10 Å². The zero-order chi connectivity index (χ0) is 28.3. The van der Waals surface area contributed by atoms with Gasteiger partial charge in [-0.2, -0.15) is 0 Å². The topological polar surface area (TPSA) is 149 Å². The van der Waals surface area contributed by atoms with Crippen LogP contribution in [0.3, 0.4) is 0 Å². The van der Waals surface area contributed by atoms with Crippen molar-refractivity contribution in [3.8, 4) is 0 Å². The van der Waals surface area contributed by atoms with E-state index in [1.807, 2.05) is 0 Å². The van der Waals surface area contributed by atoms with E-state index in [-0.39, 0.29) is 37.1 Å². The first kappa shape index (κ1) is 27.0. The van der Waals surface area contributed by atoms with Gasteiger partial charge in [-0.3, -0.25) is 0 Å². The fraction of sp³-hybridized carbons (Fsp3) is 0.793. The minimum Gasteiger partial charge on any atom is -0.463 e. The number of carbonyl (C=O) groups is 2. The Morgan fingerprint density at radius 3 is 2.52 bits per heavy atom. The fourth-order valence-corrected chi connectivity index (χ4v) is 8.09. The third-order valence-electron chi connectivity index (χ3n) is 11.1. The summed E-state index contributed by atoms with van der Waals surface area (Å²) in [5.41, 5.74) is -3.54. The Morgan fingerprint density at radius 1 is 1.02 bits per heavy atom. The second-order valence-corrected chi connectivity index (χ2v) is 13.2. The third-order valence-corrected chi connectivity index (χ3v) is 11.1. The summed E-state index contributed by atoms with van der Waals surface area (Å²) in [4.78, 5) is 26.4. The van der Waals surface area contributed by atoms with Gasteiger partial charge < -0.3 is 43.4 Å². The molecule has 0 radical (unpaired) electrons. The van der Waals surface area contributed by atoms with Crippen molar-refractivity contribution < 1.29 is 53.0 Å². The average Bonchev–Trinajstić information content (AvgIpc) is 3.81. The molecular weight excluding hydrogens is 524 g/mol. The van der Waals surface area contributed by atoms with Gasteiger partial charge >= 0.3 is 11.9 Å². The lowest BCUT2D eigenvalue weighted by Gasteiger charge is -2.58. The van der Waals surface area contributed by atoms with E-state index in [9.17, 15) is 19.8 Å². The second kappa shape index (κ2) is 8.59. The van der Waals surface area contributed by atoms with Crippen molar-refractivity contribution in [2.75, 3.05) is 19.8 Å². The standard InChI is InChI=1S/C29H38O11/c1-15(30)16-7-5-6-8-20(32)37-18-11-19-29(14-36-29)27(18,4)28(10-9-25(2)21(39-25)22(28)38-19)13-35-24(33)23-26(3,40-23)17(31)12-34-16/h5-8,15-19,21-23,30-31H,9-14H2,1-4H3/b7-5+,8-6+. The maximum Gasteiger partial charge on any atom is 0.338 e. The van der Waals surface area contributed by atoms with E-state index in [0.717, 1.165) is 6.42 Å². The number of aliphatic hydroxyl groups is 2. The minimum absolute atomic E-state index is 0.0139. The summed E-state index contributed by atoms with van der Waals surface area (Å²) in [5.74, 6) is -1.10. The zero-order valence-electron chi connectivity index (χ0n) is 23.2. The number of hydrogen-bond donors (Lipinski definition) is 2. The lowest BCUT2D eigenvalue weighted by Crippen LogP contribution is -2.69. The molecule has 4 saturated heterocycles. The summed E-state index contributed by atoms with van der Waals surface area (Å²) < 4.78 is 42.6. The zero-order valence-corrected chi connectivity index (χ0v) is 23.2. The number of fused-ring (bicyclic) bond motifs is 3. The van der Waals surface area contributed by atoms with E-state index in [2.05, 4.69) is 13.8 Å². The number of cyclic esters (lactones) is 1. The van der Waals surface area contributed by atoms with Crippen LogP contribution in [0.2, 0.25) is 0 Å². The first-order chi connectivity index (χ1) is 18.9. The highest BCUT2D eigenvalue weighted by Crippen LogP contribution is 2.75. The summed E-state index contributed by atoms with van der Waals surface area (Å²) in [6.45, 7) is 7.67. The molecule has 13 unspecified atom stereocenters. The predicted molar refractivity (Wildman–Crippen MR) is 135 cm³/mol. The molecule has 2 bridgehead atoms. The van der Waals surface area contributed by atoms with Gasteiger partial charge in [-0.1, -0.05) is 25.2 Å². The van der Waals surface area contributed by atoms with Crippen LogP contribution < -0.4 is 0 Å². The lowest BCUT2D eigenvalue weighted by atomic mass is 9.50. The van der Waals surface area contributed by atoms with Gasteiger partial charge in [0.1, 0.15) is 42.2 Å². The molecule has 7 rings (SSSR count). The Kier molecular flexibility index (Phi) is 5.80. The maximum absolute atomic E-state index is 13.4. The van der Waals surface area contributed by atoms with Crippen LogP contribution in [0.1, 0.15) is 47.0 Å².